The summed E-state index contributed by atoms with van der Waals surface area (Å²) in [5.74, 6) is -0.444. The molecule has 0 radical (unpaired) electrons. The van der Waals surface area contributed by atoms with Crippen molar-refractivity contribution < 1.29 is 14.4 Å². The molecule has 1 N–H and O–H groups in total. The zero-order valence-corrected chi connectivity index (χ0v) is 19.4. The number of likely N-dealkylation sites (N-methyl/N-ethyl adjacent to an activating group) is 1. The molecule has 1 heterocycles. The van der Waals surface area contributed by atoms with Gasteiger partial charge in [-0.2, -0.15) is 0 Å². The number of nitrogens with one attached hydrogen (secondary N) is 1. The van der Waals surface area contributed by atoms with Crippen LogP contribution in [0.15, 0.2) is 24.3 Å². The van der Waals surface area contributed by atoms with Crippen LogP contribution in [0.4, 0.5) is 0 Å². The Bertz CT molecular complexity index is 786. The fraction of sp³-hybridized carbons (Fsp3) is 0.625. The van der Waals surface area contributed by atoms with Gasteiger partial charge in [-0.05, 0) is 63.8 Å². The Morgan fingerprint density at radius 2 is 1.71 bits per heavy atom. The van der Waals surface area contributed by atoms with Gasteiger partial charge in [0.25, 0.3) is 5.91 Å². The number of rotatable bonds is 6. The first-order chi connectivity index (χ1) is 14.9. The molecular weight excluding hydrogens is 414 g/mol. The van der Waals surface area contributed by atoms with Crippen LogP contribution in [0.2, 0.25) is 5.02 Å². The molecule has 1 aliphatic carbocycles. The van der Waals surface area contributed by atoms with E-state index in [2.05, 4.69) is 5.32 Å². The van der Waals surface area contributed by atoms with Crippen molar-refractivity contribution in [1.82, 2.24) is 15.1 Å². The first-order valence-electron chi connectivity index (χ1n) is 11.6. The second-order valence-electron chi connectivity index (χ2n) is 8.71. The smallest absolute Gasteiger partial charge is 0.253 e. The lowest BCUT2D eigenvalue weighted by atomic mass is 9.79. The van der Waals surface area contributed by atoms with Crippen LogP contribution in [0.5, 0.6) is 0 Å². The van der Waals surface area contributed by atoms with Crippen LogP contribution in [-0.2, 0) is 9.59 Å². The van der Waals surface area contributed by atoms with Gasteiger partial charge in [-0.15, -0.1) is 0 Å². The number of piperidine rings is 1. The van der Waals surface area contributed by atoms with Gasteiger partial charge in [0.2, 0.25) is 11.8 Å². The third-order valence-electron chi connectivity index (χ3n) is 6.70. The lowest BCUT2D eigenvalue weighted by Crippen LogP contribution is -2.62. The molecule has 1 saturated heterocycles. The molecule has 2 aliphatic rings. The monoisotopic (exact) mass is 447 g/mol. The third kappa shape index (κ3) is 5.40. The molecule has 0 bridgehead atoms. The molecule has 7 heteroatoms. The summed E-state index contributed by atoms with van der Waals surface area (Å²) in [5.41, 5.74) is -0.227. The molecule has 0 spiro atoms. The van der Waals surface area contributed by atoms with E-state index in [4.69, 9.17) is 11.6 Å². The van der Waals surface area contributed by atoms with Crippen molar-refractivity contribution in [2.45, 2.75) is 64.3 Å². The predicted octanol–water partition coefficient (Wildman–Crippen LogP) is 3.88. The number of likely N-dealkylation sites (tertiary alicyclic amines) is 1. The van der Waals surface area contributed by atoms with Gasteiger partial charge in [0.1, 0.15) is 5.54 Å². The van der Waals surface area contributed by atoms with Crippen LogP contribution >= 0.6 is 11.6 Å². The van der Waals surface area contributed by atoms with Crippen LogP contribution in [-0.4, -0.2) is 59.2 Å². The van der Waals surface area contributed by atoms with Crippen molar-refractivity contribution in [3.63, 3.8) is 0 Å². The number of benzene rings is 1. The number of carbonyl (C=O) groups is 3. The molecule has 1 aromatic rings. The summed E-state index contributed by atoms with van der Waals surface area (Å²) in [5, 5.41) is 3.76. The number of hydrogen-bond acceptors (Lipinski definition) is 3. The van der Waals surface area contributed by atoms with Gasteiger partial charge in [-0.1, -0.05) is 30.9 Å². The largest absolute Gasteiger partial charge is 0.341 e. The van der Waals surface area contributed by atoms with Gasteiger partial charge >= 0.3 is 0 Å². The number of amides is 3. The van der Waals surface area contributed by atoms with E-state index in [0.717, 1.165) is 32.1 Å². The minimum Gasteiger partial charge on any atom is -0.341 e. The fourth-order valence-electron chi connectivity index (χ4n) is 4.85. The summed E-state index contributed by atoms with van der Waals surface area (Å²) in [7, 11) is 0. The zero-order chi connectivity index (χ0) is 22.4. The molecule has 6 nitrogen and oxygen atoms in total. The topological polar surface area (TPSA) is 69.7 Å². The molecule has 1 aliphatic heterocycles. The molecule has 1 atom stereocenters. The van der Waals surface area contributed by atoms with Crippen LogP contribution in [0, 0.1) is 5.92 Å². The SMILES string of the molecule is CCN(CC)C(=O)C1(NC(=O)C2CCCN(C(=O)c3ccc(Cl)cc3)C2)CCCCC1. The molecule has 2 fully saturated rings. The molecule has 0 aromatic heterocycles. The van der Waals surface area contributed by atoms with E-state index in [-0.39, 0.29) is 23.6 Å². The second kappa shape index (κ2) is 10.5. The van der Waals surface area contributed by atoms with Crippen LogP contribution < -0.4 is 5.32 Å². The molecule has 1 aromatic carbocycles. The van der Waals surface area contributed by atoms with E-state index >= 15 is 0 Å². The number of halogens is 1. The van der Waals surface area contributed by atoms with E-state index in [0.29, 0.717) is 49.6 Å². The first-order valence-corrected chi connectivity index (χ1v) is 11.9. The maximum atomic E-state index is 13.3. The molecule has 170 valence electrons. The minimum absolute atomic E-state index is 0.0375. The minimum atomic E-state index is -0.802. The van der Waals surface area contributed by atoms with E-state index < -0.39 is 5.54 Å². The van der Waals surface area contributed by atoms with Crippen molar-refractivity contribution in [1.29, 1.82) is 0 Å². The standard InChI is InChI=1S/C24H34ClN3O3/c1-3-27(4-2)23(31)24(14-6-5-7-15-24)26-21(29)19-9-8-16-28(17-19)22(30)18-10-12-20(25)13-11-18/h10-13,19H,3-9,14-17H2,1-2H3,(H,26,29). The lowest BCUT2D eigenvalue weighted by molar-refractivity contribution is -0.144. The number of nitrogens with zero attached hydrogens (tertiary/aromatic N) is 2. The average Bonchev–Trinajstić information content (AvgIpc) is 2.80. The zero-order valence-electron chi connectivity index (χ0n) is 18.7. The van der Waals surface area contributed by atoms with Gasteiger partial charge in [0.05, 0.1) is 5.92 Å². The number of hydrogen-bond donors (Lipinski definition) is 1. The summed E-state index contributed by atoms with van der Waals surface area (Å²) in [4.78, 5) is 43.1. The Morgan fingerprint density at radius 3 is 2.32 bits per heavy atom. The Labute approximate surface area is 190 Å². The van der Waals surface area contributed by atoms with Crippen molar-refractivity contribution in [2.75, 3.05) is 26.2 Å². The second-order valence-corrected chi connectivity index (χ2v) is 9.14. The van der Waals surface area contributed by atoms with E-state index in [1.54, 1.807) is 29.2 Å². The Kier molecular flexibility index (Phi) is 7.98. The van der Waals surface area contributed by atoms with Crippen LogP contribution in [0.25, 0.3) is 0 Å². The number of carbonyl (C=O) groups excluding carboxylic acids is 3. The van der Waals surface area contributed by atoms with Crippen molar-refractivity contribution in [3.8, 4) is 0 Å². The summed E-state index contributed by atoms with van der Waals surface area (Å²) in [6, 6.07) is 6.84. The Hall–Kier alpha value is -2.08. The van der Waals surface area contributed by atoms with Gasteiger partial charge in [-0.25, -0.2) is 0 Å². The highest BCUT2D eigenvalue weighted by atomic mass is 35.5. The van der Waals surface area contributed by atoms with Crippen LogP contribution in [0.3, 0.4) is 0 Å². The van der Waals surface area contributed by atoms with Gasteiger partial charge in [-0.3, -0.25) is 14.4 Å². The quantitative estimate of drug-likeness (QED) is 0.719. The summed E-state index contributed by atoms with van der Waals surface area (Å²) in [6.07, 6.45) is 5.86. The average molecular weight is 448 g/mol. The van der Waals surface area contributed by atoms with Crippen molar-refractivity contribution in [3.05, 3.63) is 34.9 Å². The highest BCUT2D eigenvalue weighted by molar-refractivity contribution is 6.30. The van der Waals surface area contributed by atoms with Crippen molar-refractivity contribution in [2.24, 2.45) is 5.92 Å². The molecule has 31 heavy (non-hydrogen) atoms. The molecule has 1 unspecified atom stereocenters. The third-order valence-corrected chi connectivity index (χ3v) is 6.95. The summed E-state index contributed by atoms with van der Waals surface area (Å²) >= 11 is 5.93. The highest BCUT2D eigenvalue weighted by Crippen LogP contribution is 2.31. The summed E-state index contributed by atoms with van der Waals surface area (Å²) in [6.45, 7) is 6.24. The van der Waals surface area contributed by atoms with Gasteiger partial charge in [0, 0.05) is 36.8 Å². The molecule has 1 saturated carbocycles. The van der Waals surface area contributed by atoms with Gasteiger partial charge < -0.3 is 15.1 Å². The van der Waals surface area contributed by atoms with Crippen LogP contribution in [0.1, 0.15) is 69.2 Å². The molecule has 3 amide bonds. The fourth-order valence-corrected chi connectivity index (χ4v) is 4.98. The first kappa shape index (κ1) is 23.6. The Balaban J connectivity index is 1.70. The van der Waals surface area contributed by atoms with Crippen molar-refractivity contribution >= 4 is 29.3 Å². The lowest BCUT2D eigenvalue weighted by Gasteiger charge is -2.41. The summed E-state index contributed by atoms with van der Waals surface area (Å²) < 4.78 is 0. The Morgan fingerprint density at radius 1 is 1.06 bits per heavy atom. The van der Waals surface area contributed by atoms with E-state index in [1.165, 1.54) is 0 Å². The van der Waals surface area contributed by atoms with E-state index in [1.807, 2.05) is 18.7 Å². The maximum absolute atomic E-state index is 13.3. The van der Waals surface area contributed by atoms with Gasteiger partial charge in [0.15, 0.2) is 0 Å². The maximum Gasteiger partial charge on any atom is 0.253 e. The molecular formula is C24H34ClN3O3. The predicted molar refractivity (Wildman–Crippen MR) is 122 cm³/mol. The van der Waals surface area contributed by atoms with E-state index in [9.17, 15) is 14.4 Å². The highest BCUT2D eigenvalue weighted by Gasteiger charge is 2.44. The normalized spacial score (nSPS) is 20.7. The molecule has 3 rings (SSSR count).